The average molecular weight is 419 g/mol. The van der Waals surface area contributed by atoms with Crippen molar-refractivity contribution in [1.29, 1.82) is 0 Å². The Labute approximate surface area is 166 Å². The second-order valence-corrected chi connectivity index (χ2v) is 7.26. The molecule has 0 unspecified atom stereocenters. The molecule has 0 fully saturated rings. The normalized spacial score (nSPS) is 11.5. The number of fused-ring (bicyclic) bond motifs is 3. The van der Waals surface area contributed by atoms with Crippen LogP contribution in [0.1, 0.15) is 17.3 Å². The summed E-state index contributed by atoms with van der Waals surface area (Å²) in [4.78, 5) is 12.2. The molecule has 0 bridgehead atoms. The summed E-state index contributed by atoms with van der Waals surface area (Å²) in [7, 11) is 0. The summed E-state index contributed by atoms with van der Waals surface area (Å²) >= 11 is 3.38. The van der Waals surface area contributed by atoms with E-state index in [-0.39, 0.29) is 5.78 Å². The van der Waals surface area contributed by atoms with Gasteiger partial charge in [0.1, 0.15) is 0 Å². The lowest BCUT2D eigenvalue weighted by atomic mass is 10.1. The van der Waals surface area contributed by atoms with Crippen LogP contribution in [0.2, 0.25) is 0 Å². The van der Waals surface area contributed by atoms with Gasteiger partial charge in [0.05, 0.1) is 0 Å². The van der Waals surface area contributed by atoms with Crippen LogP contribution in [0.25, 0.3) is 21.8 Å². The van der Waals surface area contributed by atoms with Crippen LogP contribution in [0.3, 0.4) is 0 Å². The van der Waals surface area contributed by atoms with Crippen LogP contribution in [0, 0.1) is 0 Å². The number of rotatable bonds is 5. The minimum atomic E-state index is -0.0290. The molecule has 0 aliphatic heterocycles. The van der Waals surface area contributed by atoms with Gasteiger partial charge in [-0.1, -0.05) is 34.1 Å². The van der Waals surface area contributed by atoms with E-state index in [2.05, 4.69) is 69.1 Å². The molecule has 0 spiro atoms. The third-order valence-corrected chi connectivity index (χ3v) is 5.23. The SMILES string of the molecule is CCn1c2ccccc2c2cc(NC=CC(=O)c3ccc(Br)cc3)ccc21. The van der Waals surface area contributed by atoms with Crippen LogP contribution in [-0.2, 0) is 6.54 Å². The topological polar surface area (TPSA) is 34.0 Å². The molecule has 0 saturated carbocycles. The van der Waals surface area contributed by atoms with Gasteiger partial charge in [-0.05, 0) is 55.5 Å². The van der Waals surface area contributed by atoms with Gasteiger partial charge in [0.15, 0.2) is 5.78 Å². The maximum absolute atomic E-state index is 12.2. The lowest BCUT2D eigenvalue weighted by Crippen LogP contribution is -1.96. The zero-order chi connectivity index (χ0) is 18.8. The number of halogens is 1. The van der Waals surface area contributed by atoms with Gasteiger partial charge >= 0.3 is 0 Å². The quantitative estimate of drug-likeness (QED) is 0.301. The van der Waals surface area contributed by atoms with Crippen molar-refractivity contribution in [3.63, 3.8) is 0 Å². The Morgan fingerprint density at radius 3 is 2.52 bits per heavy atom. The van der Waals surface area contributed by atoms with Crippen molar-refractivity contribution in [2.24, 2.45) is 0 Å². The first-order chi connectivity index (χ1) is 13.2. The second-order valence-electron chi connectivity index (χ2n) is 6.34. The summed E-state index contributed by atoms with van der Waals surface area (Å²) in [6.07, 6.45) is 3.26. The first-order valence-electron chi connectivity index (χ1n) is 8.91. The van der Waals surface area contributed by atoms with Crippen molar-refractivity contribution in [2.45, 2.75) is 13.5 Å². The van der Waals surface area contributed by atoms with Crippen molar-refractivity contribution in [3.8, 4) is 0 Å². The lowest BCUT2D eigenvalue weighted by Gasteiger charge is -2.04. The van der Waals surface area contributed by atoms with Gasteiger partial charge in [-0.2, -0.15) is 0 Å². The Balaban J connectivity index is 1.60. The van der Waals surface area contributed by atoms with Gasteiger partial charge in [-0.3, -0.25) is 4.79 Å². The first-order valence-corrected chi connectivity index (χ1v) is 9.70. The minimum Gasteiger partial charge on any atom is -0.362 e. The molecule has 0 saturated heterocycles. The number of anilines is 1. The number of nitrogens with zero attached hydrogens (tertiary/aromatic N) is 1. The summed E-state index contributed by atoms with van der Waals surface area (Å²) in [6, 6.07) is 22.1. The number of ketones is 1. The summed E-state index contributed by atoms with van der Waals surface area (Å²) in [6.45, 7) is 3.09. The Morgan fingerprint density at radius 1 is 1.00 bits per heavy atom. The van der Waals surface area contributed by atoms with Crippen molar-refractivity contribution < 1.29 is 4.79 Å². The molecule has 1 N–H and O–H groups in total. The average Bonchev–Trinajstić information content (AvgIpc) is 3.01. The van der Waals surface area contributed by atoms with Crippen LogP contribution >= 0.6 is 15.9 Å². The molecule has 4 aromatic rings. The van der Waals surface area contributed by atoms with Crippen LogP contribution < -0.4 is 5.32 Å². The number of aromatic nitrogens is 1. The fourth-order valence-electron chi connectivity index (χ4n) is 3.41. The van der Waals surface area contributed by atoms with E-state index in [1.54, 1.807) is 12.3 Å². The van der Waals surface area contributed by atoms with E-state index in [0.29, 0.717) is 5.56 Å². The van der Waals surface area contributed by atoms with E-state index in [1.807, 2.05) is 30.3 Å². The van der Waals surface area contributed by atoms with Crippen LogP contribution in [0.4, 0.5) is 5.69 Å². The van der Waals surface area contributed by atoms with Gasteiger partial charge in [0.25, 0.3) is 0 Å². The van der Waals surface area contributed by atoms with Crippen LogP contribution in [-0.4, -0.2) is 10.4 Å². The number of para-hydroxylation sites is 1. The third-order valence-electron chi connectivity index (χ3n) is 4.70. The molecule has 27 heavy (non-hydrogen) atoms. The number of carbonyl (C=O) groups excluding carboxylic acids is 1. The van der Waals surface area contributed by atoms with E-state index in [4.69, 9.17) is 0 Å². The van der Waals surface area contributed by atoms with E-state index >= 15 is 0 Å². The first kappa shape index (κ1) is 17.6. The number of hydrogen-bond donors (Lipinski definition) is 1. The van der Waals surface area contributed by atoms with Gasteiger partial charge in [0, 0.05) is 56.4 Å². The number of aryl methyl sites for hydroxylation is 1. The Morgan fingerprint density at radius 2 is 1.74 bits per heavy atom. The second kappa shape index (κ2) is 7.41. The summed E-state index contributed by atoms with van der Waals surface area (Å²) in [5.74, 6) is -0.0290. The molecule has 1 heterocycles. The monoisotopic (exact) mass is 418 g/mol. The Kier molecular flexibility index (Phi) is 4.82. The van der Waals surface area contributed by atoms with E-state index in [9.17, 15) is 4.79 Å². The Hall–Kier alpha value is -2.85. The highest BCUT2D eigenvalue weighted by Crippen LogP contribution is 2.30. The zero-order valence-corrected chi connectivity index (χ0v) is 16.5. The molecule has 0 atom stereocenters. The number of allylic oxidation sites excluding steroid dienone is 1. The predicted octanol–water partition coefficient (Wildman–Crippen LogP) is 6.39. The van der Waals surface area contributed by atoms with E-state index in [0.717, 1.165) is 16.7 Å². The minimum absolute atomic E-state index is 0.0290. The molecule has 0 aliphatic rings. The number of nitrogens with one attached hydrogen (secondary N) is 1. The highest BCUT2D eigenvalue weighted by molar-refractivity contribution is 9.10. The van der Waals surface area contributed by atoms with Crippen molar-refractivity contribution >= 4 is 49.2 Å². The third kappa shape index (κ3) is 3.40. The standard InChI is InChI=1S/C23H19BrN2O/c1-2-26-21-6-4-3-5-19(21)20-15-18(11-12-22(20)26)25-14-13-23(27)16-7-9-17(24)10-8-16/h3-15,25H,2H2,1H3. The fourth-order valence-corrected chi connectivity index (χ4v) is 3.67. The van der Waals surface area contributed by atoms with Gasteiger partial charge in [-0.25, -0.2) is 0 Å². The van der Waals surface area contributed by atoms with E-state index in [1.165, 1.54) is 21.8 Å². The van der Waals surface area contributed by atoms with Crippen molar-refractivity contribution in [2.75, 3.05) is 5.32 Å². The lowest BCUT2D eigenvalue weighted by molar-refractivity contribution is 0.104. The highest BCUT2D eigenvalue weighted by Gasteiger charge is 2.09. The molecule has 1 aromatic heterocycles. The van der Waals surface area contributed by atoms with Gasteiger partial charge in [-0.15, -0.1) is 0 Å². The highest BCUT2D eigenvalue weighted by atomic mass is 79.9. The molecule has 3 nitrogen and oxygen atoms in total. The molecular weight excluding hydrogens is 400 g/mol. The summed E-state index contributed by atoms with van der Waals surface area (Å²) in [5.41, 5.74) is 4.09. The molecule has 4 heteroatoms. The van der Waals surface area contributed by atoms with Crippen LogP contribution in [0.5, 0.6) is 0 Å². The summed E-state index contributed by atoms with van der Waals surface area (Å²) in [5, 5.41) is 5.68. The number of benzene rings is 3. The van der Waals surface area contributed by atoms with Crippen molar-refractivity contribution in [3.05, 3.63) is 89.0 Å². The Bertz CT molecular complexity index is 1160. The maximum atomic E-state index is 12.2. The predicted molar refractivity (Wildman–Crippen MR) is 116 cm³/mol. The van der Waals surface area contributed by atoms with Gasteiger partial charge < -0.3 is 9.88 Å². The molecular formula is C23H19BrN2O. The zero-order valence-electron chi connectivity index (χ0n) is 14.9. The maximum Gasteiger partial charge on any atom is 0.187 e. The molecule has 0 aliphatic carbocycles. The molecule has 134 valence electrons. The molecule has 0 radical (unpaired) electrons. The molecule has 0 amide bonds. The van der Waals surface area contributed by atoms with E-state index < -0.39 is 0 Å². The smallest absolute Gasteiger partial charge is 0.187 e. The van der Waals surface area contributed by atoms with Gasteiger partial charge in [0.2, 0.25) is 0 Å². The van der Waals surface area contributed by atoms with Crippen LogP contribution in [0.15, 0.2) is 83.5 Å². The number of carbonyl (C=O) groups is 1. The largest absolute Gasteiger partial charge is 0.362 e. The molecule has 3 aromatic carbocycles. The number of hydrogen-bond acceptors (Lipinski definition) is 2. The fraction of sp³-hybridized carbons (Fsp3) is 0.0870. The van der Waals surface area contributed by atoms with Crippen molar-refractivity contribution in [1.82, 2.24) is 4.57 Å². The molecule has 4 rings (SSSR count). The summed E-state index contributed by atoms with van der Waals surface area (Å²) < 4.78 is 3.28.